The molecule has 3 fully saturated rings. The molecular formula is C20H30N2O4S. The van der Waals surface area contributed by atoms with E-state index in [0.717, 1.165) is 51.8 Å². The predicted molar refractivity (Wildman–Crippen MR) is 103 cm³/mol. The van der Waals surface area contributed by atoms with Crippen molar-refractivity contribution in [3.8, 4) is 0 Å². The fraction of sp³-hybridized carbons (Fsp3) is 0.700. The van der Waals surface area contributed by atoms with Crippen molar-refractivity contribution in [3.63, 3.8) is 0 Å². The van der Waals surface area contributed by atoms with Gasteiger partial charge in [0.1, 0.15) is 0 Å². The highest BCUT2D eigenvalue weighted by Crippen LogP contribution is 2.43. The Morgan fingerprint density at radius 2 is 1.89 bits per heavy atom. The Morgan fingerprint density at radius 1 is 1.15 bits per heavy atom. The standard InChI is InChI=1S/C20H30N2O4S/c23-15-17-5-4-10-21(17)14-18-13-20(16-26-18)8-11-22(12-9-20)27(24,25)19-6-2-1-3-7-19/h1-3,6-7,17-18,23H,4-5,8-16H2/t17-,18-/m0/s1. The number of piperidine rings is 1. The first-order valence-corrected chi connectivity index (χ1v) is 11.5. The lowest BCUT2D eigenvalue weighted by Crippen LogP contribution is -2.43. The van der Waals surface area contributed by atoms with Gasteiger partial charge in [-0.25, -0.2) is 8.42 Å². The molecule has 27 heavy (non-hydrogen) atoms. The molecule has 0 unspecified atom stereocenters. The fourth-order valence-corrected chi connectivity index (χ4v) is 6.37. The van der Waals surface area contributed by atoms with Gasteiger partial charge in [-0.3, -0.25) is 4.90 Å². The van der Waals surface area contributed by atoms with Crippen LogP contribution in [0, 0.1) is 5.41 Å². The third-order valence-corrected chi connectivity index (χ3v) is 8.51. The Balaban J connectivity index is 1.34. The van der Waals surface area contributed by atoms with E-state index in [1.54, 1.807) is 28.6 Å². The molecule has 4 rings (SSSR count). The number of aliphatic hydroxyl groups is 1. The van der Waals surface area contributed by atoms with Gasteiger partial charge in [0.25, 0.3) is 0 Å². The molecule has 0 aromatic heterocycles. The number of ether oxygens (including phenoxy) is 1. The molecule has 0 amide bonds. The molecule has 0 radical (unpaired) electrons. The second kappa shape index (κ2) is 7.79. The molecule has 3 aliphatic heterocycles. The quantitative estimate of drug-likeness (QED) is 0.823. The van der Waals surface area contributed by atoms with Crippen LogP contribution in [0.4, 0.5) is 0 Å². The number of benzene rings is 1. The second-order valence-electron chi connectivity index (χ2n) is 8.33. The van der Waals surface area contributed by atoms with Gasteiger partial charge >= 0.3 is 0 Å². The molecule has 1 aromatic rings. The molecule has 150 valence electrons. The van der Waals surface area contributed by atoms with Crippen LogP contribution >= 0.6 is 0 Å². The van der Waals surface area contributed by atoms with E-state index in [1.807, 2.05) is 6.07 Å². The van der Waals surface area contributed by atoms with Crippen molar-refractivity contribution in [2.75, 3.05) is 39.4 Å². The van der Waals surface area contributed by atoms with Gasteiger partial charge < -0.3 is 9.84 Å². The van der Waals surface area contributed by atoms with Crippen molar-refractivity contribution >= 4 is 10.0 Å². The molecule has 0 bridgehead atoms. The molecule has 3 saturated heterocycles. The molecule has 2 atom stereocenters. The Hall–Kier alpha value is -0.990. The lowest BCUT2D eigenvalue weighted by Gasteiger charge is -2.37. The summed E-state index contributed by atoms with van der Waals surface area (Å²) in [4.78, 5) is 2.74. The molecule has 0 saturated carbocycles. The fourth-order valence-electron chi connectivity index (χ4n) is 4.91. The number of likely N-dealkylation sites (tertiary alicyclic amines) is 1. The van der Waals surface area contributed by atoms with E-state index in [2.05, 4.69) is 4.90 Å². The van der Waals surface area contributed by atoms with Gasteiger partial charge in [-0.05, 0) is 56.2 Å². The smallest absolute Gasteiger partial charge is 0.243 e. The van der Waals surface area contributed by atoms with Crippen molar-refractivity contribution in [2.45, 2.75) is 49.1 Å². The van der Waals surface area contributed by atoms with Crippen molar-refractivity contribution in [2.24, 2.45) is 5.41 Å². The summed E-state index contributed by atoms with van der Waals surface area (Å²) >= 11 is 0. The summed E-state index contributed by atoms with van der Waals surface area (Å²) in [5, 5.41) is 9.51. The van der Waals surface area contributed by atoms with Crippen LogP contribution in [-0.4, -0.2) is 74.3 Å². The van der Waals surface area contributed by atoms with E-state index >= 15 is 0 Å². The van der Waals surface area contributed by atoms with Gasteiger partial charge in [0.2, 0.25) is 10.0 Å². The highest BCUT2D eigenvalue weighted by Gasteiger charge is 2.45. The normalized spacial score (nSPS) is 29.5. The van der Waals surface area contributed by atoms with Crippen molar-refractivity contribution in [1.82, 2.24) is 9.21 Å². The number of aliphatic hydroxyl groups excluding tert-OH is 1. The zero-order valence-electron chi connectivity index (χ0n) is 15.8. The monoisotopic (exact) mass is 394 g/mol. The van der Waals surface area contributed by atoms with Crippen molar-refractivity contribution < 1.29 is 18.3 Å². The third kappa shape index (κ3) is 3.93. The second-order valence-corrected chi connectivity index (χ2v) is 10.3. The van der Waals surface area contributed by atoms with Crippen LogP contribution in [0.3, 0.4) is 0 Å². The summed E-state index contributed by atoms with van der Waals surface area (Å²) < 4.78 is 33.4. The number of sulfonamides is 1. The summed E-state index contributed by atoms with van der Waals surface area (Å²) in [6.45, 7) is 4.02. The largest absolute Gasteiger partial charge is 0.395 e. The van der Waals surface area contributed by atoms with Crippen molar-refractivity contribution in [1.29, 1.82) is 0 Å². The van der Waals surface area contributed by atoms with Crippen LogP contribution in [-0.2, 0) is 14.8 Å². The Bertz CT molecular complexity index is 732. The van der Waals surface area contributed by atoms with Gasteiger partial charge in [-0.15, -0.1) is 0 Å². The van der Waals surface area contributed by atoms with Gasteiger partial charge in [0.15, 0.2) is 0 Å². The average molecular weight is 395 g/mol. The topological polar surface area (TPSA) is 70.1 Å². The first kappa shape index (κ1) is 19.3. The maximum absolute atomic E-state index is 12.8. The van der Waals surface area contributed by atoms with Crippen LogP contribution in [0.2, 0.25) is 0 Å². The summed E-state index contributed by atoms with van der Waals surface area (Å²) in [5.41, 5.74) is 0.113. The van der Waals surface area contributed by atoms with E-state index in [1.165, 1.54) is 0 Å². The maximum atomic E-state index is 12.8. The van der Waals surface area contributed by atoms with Gasteiger partial charge in [0, 0.05) is 25.7 Å². The minimum Gasteiger partial charge on any atom is -0.395 e. The first-order chi connectivity index (χ1) is 13.0. The van der Waals surface area contributed by atoms with E-state index in [4.69, 9.17) is 4.74 Å². The highest BCUT2D eigenvalue weighted by molar-refractivity contribution is 7.89. The van der Waals surface area contributed by atoms with E-state index in [-0.39, 0.29) is 24.2 Å². The van der Waals surface area contributed by atoms with Gasteiger partial charge in [-0.1, -0.05) is 18.2 Å². The van der Waals surface area contributed by atoms with Crippen molar-refractivity contribution in [3.05, 3.63) is 30.3 Å². The number of hydrogen-bond donors (Lipinski definition) is 1. The molecule has 3 heterocycles. The van der Waals surface area contributed by atoms with Crippen LogP contribution < -0.4 is 0 Å². The van der Waals surface area contributed by atoms with Gasteiger partial charge in [-0.2, -0.15) is 4.31 Å². The minimum atomic E-state index is -3.39. The zero-order chi connectivity index (χ0) is 18.9. The summed E-state index contributed by atoms with van der Waals surface area (Å²) in [6, 6.07) is 8.99. The predicted octanol–water partition coefficient (Wildman–Crippen LogP) is 1.70. The molecule has 7 heteroatoms. The molecule has 0 aliphatic carbocycles. The lowest BCUT2D eigenvalue weighted by atomic mass is 9.77. The average Bonchev–Trinajstić information content (AvgIpc) is 3.30. The zero-order valence-corrected chi connectivity index (χ0v) is 16.6. The van der Waals surface area contributed by atoms with Crippen LogP contribution in [0.5, 0.6) is 0 Å². The Labute approximate surface area is 162 Å². The molecular weight excluding hydrogens is 364 g/mol. The van der Waals surface area contributed by atoms with E-state index < -0.39 is 10.0 Å². The number of rotatable bonds is 5. The van der Waals surface area contributed by atoms with Crippen LogP contribution in [0.15, 0.2) is 35.2 Å². The third-order valence-electron chi connectivity index (χ3n) is 6.60. The lowest BCUT2D eigenvalue weighted by molar-refractivity contribution is 0.0480. The highest BCUT2D eigenvalue weighted by atomic mass is 32.2. The maximum Gasteiger partial charge on any atom is 0.243 e. The molecule has 6 nitrogen and oxygen atoms in total. The van der Waals surface area contributed by atoms with E-state index in [0.29, 0.717) is 18.0 Å². The Morgan fingerprint density at radius 3 is 2.59 bits per heavy atom. The molecule has 1 spiro atoms. The number of hydrogen-bond acceptors (Lipinski definition) is 5. The van der Waals surface area contributed by atoms with Crippen LogP contribution in [0.1, 0.15) is 32.1 Å². The Kier molecular flexibility index (Phi) is 5.58. The molecule has 3 aliphatic rings. The molecule has 1 N–H and O–H groups in total. The van der Waals surface area contributed by atoms with E-state index in [9.17, 15) is 13.5 Å². The summed E-state index contributed by atoms with van der Waals surface area (Å²) in [7, 11) is -3.39. The van der Waals surface area contributed by atoms with Crippen LogP contribution in [0.25, 0.3) is 0 Å². The first-order valence-electron chi connectivity index (χ1n) is 10.0. The molecule has 1 aromatic carbocycles. The summed E-state index contributed by atoms with van der Waals surface area (Å²) in [6.07, 6.45) is 5.14. The van der Waals surface area contributed by atoms with Gasteiger partial charge in [0.05, 0.1) is 24.2 Å². The number of nitrogens with zero attached hydrogens (tertiary/aromatic N) is 2. The SMILES string of the molecule is O=S(=O)(c1ccccc1)N1CCC2(CC1)CO[C@H](CN1CCC[C@H]1CO)C2. The summed E-state index contributed by atoms with van der Waals surface area (Å²) in [5.74, 6) is 0. The minimum absolute atomic E-state index is 0.113.